The van der Waals surface area contributed by atoms with Crippen LogP contribution >= 0.6 is 0 Å². The number of benzene rings is 1. The molecule has 0 amide bonds. The smallest absolute Gasteiger partial charge is 0.127 e. The molecule has 19 heavy (non-hydrogen) atoms. The third-order valence-corrected chi connectivity index (χ3v) is 4.57. The molecule has 106 valence electrons. The minimum absolute atomic E-state index is 0.104. The highest BCUT2D eigenvalue weighted by atomic mass is 19.1. The molecule has 0 saturated carbocycles. The summed E-state index contributed by atoms with van der Waals surface area (Å²) in [5, 5.41) is 0. The Labute approximate surface area is 115 Å². The van der Waals surface area contributed by atoms with Gasteiger partial charge in [-0.15, -0.1) is 0 Å². The van der Waals surface area contributed by atoms with E-state index < -0.39 is 0 Å². The Morgan fingerprint density at radius 2 is 2.16 bits per heavy atom. The van der Waals surface area contributed by atoms with Gasteiger partial charge in [-0.2, -0.15) is 0 Å². The van der Waals surface area contributed by atoms with Gasteiger partial charge in [-0.25, -0.2) is 4.39 Å². The lowest BCUT2D eigenvalue weighted by Gasteiger charge is -2.42. The van der Waals surface area contributed by atoms with Crippen LogP contribution in [0.4, 0.5) is 4.39 Å². The number of halogens is 1. The van der Waals surface area contributed by atoms with Crippen LogP contribution < -0.4 is 5.73 Å². The topological polar surface area (TPSA) is 29.3 Å². The second-order valence-electron chi connectivity index (χ2n) is 5.62. The van der Waals surface area contributed by atoms with Crippen molar-refractivity contribution in [2.45, 2.75) is 45.2 Å². The quantitative estimate of drug-likeness (QED) is 0.903. The maximum absolute atomic E-state index is 13.9. The highest BCUT2D eigenvalue weighted by Crippen LogP contribution is 2.32. The standard InChI is InChI=1S/C16H25FN2/c1-3-13-8-9-19(14(10-13)11-18)12(2)15-6-4-5-7-16(15)17/h4-7,12-14H,3,8-11,18H2,1-2H3. The maximum atomic E-state index is 13.9. The normalized spacial score (nSPS) is 26.3. The van der Waals surface area contributed by atoms with Crippen molar-refractivity contribution in [2.75, 3.05) is 13.1 Å². The van der Waals surface area contributed by atoms with E-state index in [0.717, 1.165) is 24.4 Å². The molecule has 0 radical (unpaired) electrons. The predicted molar refractivity (Wildman–Crippen MR) is 77.4 cm³/mol. The van der Waals surface area contributed by atoms with E-state index in [1.165, 1.54) is 12.8 Å². The van der Waals surface area contributed by atoms with Crippen LogP contribution in [0.15, 0.2) is 24.3 Å². The van der Waals surface area contributed by atoms with Crippen molar-refractivity contribution in [1.29, 1.82) is 0 Å². The van der Waals surface area contributed by atoms with Gasteiger partial charge < -0.3 is 5.73 Å². The van der Waals surface area contributed by atoms with Crippen molar-refractivity contribution < 1.29 is 4.39 Å². The number of rotatable bonds is 4. The maximum Gasteiger partial charge on any atom is 0.127 e. The number of nitrogens with zero attached hydrogens (tertiary/aromatic N) is 1. The predicted octanol–water partition coefficient (Wildman–Crippen LogP) is 3.34. The van der Waals surface area contributed by atoms with Gasteiger partial charge in [0.05, 0.1) is 0 Å². The monoisotopic (exact) mass is 264 g/mol. The third kappa shape index (κ3) is 3.15. The average molecular weight is 264 g/mol. The Kier molecular flexibility index (Phi) is 4.94. The molecule has 2 nitrogen and oxygen atoms in total. The largest absolute Gasteiger partial charge is 0.329 e. The van der Waals surface area contributed by atoms with E-state index in [2.05, 4.69) is 18.7 Å². The number of hydrogen-bond donors (Lipinski definition) is 1. The van der Waals surface area contributed by atoms with E-state index in [-0.39, 0.29) is 11.9 Å². The fourth-order valence-corrected chi connectivity index (χ4v) is 3.26. The van der Waals surface area contributed by atoms with Gasteiger partial charge in [-0.1, -0.05) is 31.5 Å². The van der Waals surface area contributed by atoms with Crippen LogP contribution in [0.3, 0.4) is 0 Å². The van der Waals surface area contributed by atoms with Gasteiger partial charge in [0.25, 0.3) is 0 Å². The third-order valence-electron chi connectivity index (χ3n) is 4.57. The van der Waals surface area contributed by atoms with Gasteiger partial charge in [0.2, 0.25) is 0 Å². The van der Waals surface area contributed by atoms with Crippen LogP contribution in [0.5, 0.6) is 0 Å². The van der Waals surface area contributed by atoms with Crippen LogP contribution in [0.25, 0.3) is 0 Å². The molecule has 0 bridgehead atoms. The summed E-state index contributed by atoms with van der Waals surface area (Å²) in [6.07, 6.45) is 3.57. The second kappa shape index (κ2) is 6.49. The molecule has 3 unspecified atom stereocenters. The molecule has 1 fully saturated rings. The summed E-state index contributed by atoms with van der Waals surface area (Å²) in [7, 11) is 0. The minimum atomic E-state index is -0.108. The van der Waals surface area contributed by atoms with Gasteiger partial charge in [0, 0.05) is 24.2 Å². The molecule has 1 heterocycles. The van der Waals surface area contributed by atoms with Gasteiger partial charge >= 0.3 is 0 Å². The van der Waals surface area contributed by atoms with E-state index in [0.29, 0.717) is 12.6 Å². The Hall–Kier alpha value is -0.930. The van der Waals surface area contributed by atoms with Crippen molar-refractivity contribution in [2.24, 2.45) is 11.7 Å². The summed E-state index contributed by atoms with van der Waals surface area (Å²) in [6.45, 7) is 6.02. The summed E-state index contributed by atoms with van der Waals surface area (Å²) in [6, 6.07) is 7.57. The molecule has 1 aromatic rings. The first-order chi connectivity index (χ1) is 9.17. The van der Waals surface area contributed by atoms with E-state index in [1.54, 1.807) is 12.1 Å². The minimum Gasteiger partial charge on any atom is -0.329 e. The number of likely N-dealkylation sites (tertiary alicyclic amines) is 1. The van der Waals surface area contributed by atoms with Crippen molar-refractivity contribution in [3.8, 4) is 0 Å². The second-order valence-corrected chi connectivity index (χ2v) is 5.62. The first-order valence-electron chi connectivity index (χ1n) is 7.37. The van der Waals surface area contributed by atoms with Crippen molar-refractivity contribution in [3.05, 3.63) is 35.6 Å². The molecular formula is C16H25FN2. The molecular weight excluding hydrogens is 239 g/mol. The zero-order valence-electron chi connectivity index (χ0n) is 12.0. The number of hydrogen-bond acceptors (Lipinski definition) is 2. The van der Waals surface area contributed by atoms with Gasteiger partial charge in [-0.3, -0.25) is 4.90 Å². The summed E-state index contributed by atoms with van der Waals surface area (Å²) in [5.74, 6) is 0.668. The van der Waals surface area contributed by atoms with Gasteiger partial charge in [-0.05, 0) is 38.3 Å². The van der Waals surface area contributed by atoms with Crippen LogP contribution in [0.1, 0.15) is 44.7 Å². The Morgan fingerprint density at radius 3 is 2.79 bits per heavy atom. The number of piperidine rings is 1. The first kappa shape index (κ1) is 14.5. The van der Waals surface area contributed by atoms with Crippen molar-refractivity contribution >= 4 is 0 Å². The zero-order valence-corrected chi connectivity index (χ0v) is 12.0. The average Bonchev–Trinajstić information content (AvgIpc) is 2.46. The molecule has 0 aliphatic carbocycles. The number of nitrogens with two attached hydrogens (primary N) is 1. The SMILES string of the molecule is CCC1CCN(C(C)c2ccccc2F)C(CN)C1. The fraction of sp³-hybridized carbons (Fsp3) is 0.625. The Morgan fingerprint density at radius 1 is 1.42 bits per heavy atom. The molecule has 0 spiro atoms. The lowest BCUT2D eigenvalue weighted by atomic mass is 9.87. The molecule has 3 heteroatoms. The summed E-state index contributed by atoms with van der Waals surface area (Å²) in [5.41, 5.74) is 6.72. The molecule has 3 atom stereocenters. The molecule has 0 aromatic heterocycles. The van der Waals surface area contributed by atoms with Crippen LogP contribution in [-0.4, -0.2) is 24.0 Å². The van der Waals surface area contributed by atoms with Gasteiger partial charge in [0.1, 0.15) is 5.82 Å². The van der Waals surface area contributed by atoms with Crippen molar-refractivity contribution in [1.82, 2.24) is 4.90 Å². The Bertz CT molecular complexity index is 407. The highest BCUT2D eigenvalue weighted by molar-refractivity contribution is 5.21. The molecule has 2 rings (SSSR count). The lowest BCUT2D eigenvalue weighted by Crippen LogP contribution is -2.47. The highest BCUT2D eigenvalue weighted by Gasteiger charge is 2.31. The Balaban J connectivity index is 2.14. The molecule has 1 aromatic carbocycles. The first-order valence-corrected chi connectivity index (χ1v) is 7.37. The summed E-state index contributed by atoms with van der Waals surface area (Å²) in [4.78, 5) is 2.38. The van der Waals surface area contributed by atoms with E-state index >= 15 is 0 Å². The van der Waals surface area contributed by atoms with E-state index in [1.807, 2.05) is 12.1 Å². The van der Waals surface area contributed by atoms with Crippen LogP contribution in [0.2, 0.25) is 0 Å². The van der Waals surface area contributed by atoms with E-state index in [4.69, 9.17) is 5.73 Å². The molecule has 2 N–H and O–H groups in total. The molecule has 1 aliphatic rings. The van der Waals surface area contributed by atoms with E-state index in [9.17, 15) is 4.39 Å². The summed E-state index contributed by atoms with van der Waals surface area (Å²) < 4.78 is 13.9. The summed E-state index contributed by atoms with van der Waals surface area (Å²) >= 11 is 0. The fourth-order valence-electron chi connectivity index (χ4n) is 3.26. The zero-order chi connectivity index (χ0) is 13.8. The lowest BCUT2D eigenvalue weighted by molar-refractivity contribution is 0.0758. The molecule has 1 saturated heterocycles. The van der Waals surface area contributed by atoms with Gasteiger partial charge in [0.15, 0.2) is 0 Å². The van der Waals surface area contributed by atoms with Crippen molar-refractivity contribution in [3.63, 3.8) is 0 Å². The molecule has 1 aliphatic heterocycles. The van der Waals surface area contributed by atoms with Crippen LogP contribution in [-0.2, 0) is 0 Å². The van der Waals surface area contributed by atoms with Crippen LogP contribution in [0, 0.1) is 11.7 Å².